The third-order valence-electron chi connectivity index (χ3n) is 6.89. The summed E-state index contributed by atoms with van der Waals surface area (Å²) in [4.78, 5) is 19.1. The van der Waals surface area contributed by atoms with Crippen LogP contribution in [0.15, 0.2) is 18.2 Å². The summed E-state index contributed by atoms with van der Waals surface area (Å²) in [6.07, 6.45) is 2.10. The van der Waals surface area contributed by atoms with Crippen LogP contribution in [0, 0.1) is 0 Å². The molecule has 12 heteroatoms. The first-order valence-electron chi connectivity index (χ1n) is 12.1. The second-order valence-electron chi connectivity index (χ2n) is 9.24. The fraction of sp³-hybridized carbons (Fsp3) is 0.609. The zero-order valence-corrected chi connectivity index (χ0v) is 22.3. The molecule has 5 N–H and O–H groups in total. The third kappa shape index (κ3) is 6.44. The van der Waals surface area contributed by atoms with E-state index >= 15 is 0 Å². The van der Waals surface area contributed by atoms with Crippen LogP contribution in [0.1, 0.15) is 12.8 Å². The quantitative estimate of drug-likeness (QED) is 0.351. The molecule has 10 nitrogen and oxygen atoms in total. The molecular weight excluding hydrogens is 487 g/mol. The SMILES string of the molecule is CN[C@@H]1C[C@H](NC)CN(c2nc(Nc3ccc(Cl)c(Cl)c3)nc(N3C[C@H](NC)C[C@H](NC)C3)n2)C1. The molecule has 2 aromatic rings. The van der Waals surface area contributed by atoms with E-state index in [0.29, 0.717) is 52.1 Å². The zero-order chi connectivity index (χ0) is 24.9. The van der Waals surface area contributed by atoms with Crippen LogP contribution < -0.4 is 36.4 Å². The first-order chi connectivity index (χ1) is 16.9. The van der Waals surface area contributed by atoms with Gasteiger partial charge in [0.2, 0.25) is 17.8 Å². The maximum absolute atomic E-state index is 6.24. The Kier molecular flexibility index (Phi) is 8.85. The molecular formula is C23H36Cl2N10. The first-order valence-corrected chi connectivity index (χ1v) is 12.8. The lowest BCUT2D eigenvalue weighted by atomic mass is 10.0. The normalized spacial score (nSPS) is 25.1. The van der Waals surface area contributed by atoms with Crippen molar-refractivity contribution in [2.24, 2.45) is 0 Å². The van der Waals surface area contributed by atoms with E-state index in [2.05, 4.69) is 36.4 Å². The van der Waals surface area contributed by atoms with Crippen molar-refractivity contribution in [2.45, 2.75) is 37.0 Å². The summed E-state index contributed by atoms with van der Waals surface area (Å²) in [6.45, 7) is 3.29. The predicted molar refractivity (Wildman–Crippen MR) is 145 cm³/mol. The van der Waals surface area contributed by atoms with Gasteiger partial charge < -0.3 is 36.4 Å². The number of aromatic nitrogens is 3. The van der Waals surface area contributed by atoms with E-state index in [0.717, 1.165) is 44.7 Å². The van der Waals surface area contributed by atoms with E-state index in [-0.39, 0.29) is 0 Å². The zero-order valence-electron chi connectivity index (χ0n) is 20.8. The van der Waals surface area contributed by atoms with Crippen LogP contribution >= 0.6 is 23.2 Å². The molecule has 0 spiro atoms. The molecule has 0 radical (unpaired) electrons. The largest absolute Gasteiger partial charge is 0.338 e. The highest BCUT2D eigenvalue weighted by molar-refractivity contribution is 6.42. The molecule has 0 aliphatic carbocycles. The number of nitrogens with one attached hydrogen (secondary N) is 5. The number of hydrogen-bond donors (Lipinski definition) is 5. The van der Waals surface area contributed by atoms with Crippen molar-refractivity contribution in [3.63, 3.8) is 0 Å². The Morgan fingerprint density at radius 1 is 0.686 bits per heavy atom. The minimum atomic E-state index is 0.338. The number of anilines is 4. The molecule has 0 unspecified atom stereocenters. The second kappa shape index (κ2) is 11.9. The van der Waals surface area contributed by atoms with Gasteiger partial charge in [-0.25, -0.2) is 0 Å². The summed E-state index contributed by atoms with van der Waals surface area (Å²) in [7, 11) is 8.00. The summed E-state index contributed by atoms with van der Waals surface area (Å²) >= 11 is 12.4. The number of likely N-dealkylation sites (N-methyl/N-ethyl adjacent to an activating group) is 4. The molecule has 0 saturated carbocycles. The standard InChI is InChI=1S/C23H36Cl2N10/c1-26-15-7-16(27-2)11-34(10-15)22-31-21(30-14-5-6-19(24)20(25)9-14)32-23(33-22)35-12-17(28-3)8-18(13-35)29-4/h5-6,9,15-18,26-29H,7-8,10-13H2,1-4H3,(H,30,31,32,33)/t15-,16+,17-,18+. The Labute approximate surface area is 217 Å². The molecule has 1 aromatic heterocycles. The lowest BCUT2D eigenvalue weighted by molar-refractivity contribution is 0.368. The maximum Gasteiger partial charge on any atom is 0.233 e. The lowest BCUT2D eigenvalue weighted by Crippen LogP contribution is -2.55. The lowest BCUT2D eigenvalue weighted by Gasteiger charge is -2.39. The van der Waals surface area contributed by atoms with Crippen LogP contribution in [0.25, 0.3) is 0 Å². The molecule has 2 aliphatic heterocycles. The summed E-state index contributed by atoms with van der Waals surface area (Å²) in [5.41, 5.74) is 0.766. The third-order valence-corrected chi connectivity index (χ3v) is 7.63. The van der Waals surface area contributed by atoms with Crippen molar-refractivity contribution < 1.29 is 0 Å². The van der Waals surface area contributed by atoms with Gasteiger partial charge in [0.25, 0.3) is 0 Å². The fourth-order valence-electron chi connectivity index (χ4n) is 4.76. The van der Waals surface area contributed by atoms with Crippen LogP contribution in [-0.4, -0.2) is 93.5 Å². The molecule has 4 rings (SSSR count). The Morgan fingerprint density at radius 3 is 1.54 bits per heavy atom. The molecule has 0 bridgehead atoms. The van der Waals surface area contributed by atoms with E-state index in [1.54, 1.807) is 12.1 Å². The number of halogens is 2. The van der Waals surface area contributed by atoms with Gasteiger partial charge in [0.15, 0.2) is 0 Å². The van der Waals surface area contributed by atoms with Crippen LogP contribution in [-0.2, 0) is 0 Å². The predicted octanol–water partition coefficient (Wildman–Crippen LogP) is 1.69. The van der Waals surface area contributed by atoms with Gasteiger partial charge in [-0.15, -0.1) is 0 Å². The summed E-state index contributed by atoms with van der Waals surface area (Å²) in [5.74, 6) is 1.79. The van der Waals surface area contributed by atoms with Gasteiger partial charge in [0.1, 0.15) is 0 Å². The van der Waals surface area contributed by atoms with Crippen LogP contribution in [0.3, 0.4) is 0 Å². The highest BCUT2D eigenvalue weighted by Crippen LogP contribution is 2.28. The van der Waals surface area contributed by atoms with Crippen molar-refractivity contribution in [1.82, 2.24) is 36.2 Å². The summed E-state index contributed by atoms with van der Waals surface area (Å²) < 4.78 is 0. The average molecular weight is 524 g/mol. The minimum absolute atomic E-state index is 0.338. The van der Waals surface area contributed by atoms with Gasteiger partial charge in [-0.05, 0) is 59.2 Å². The molecule has 3 heterocycles. The molecule has 1 aromatic carbocycles. The molecule has 0 amide bonds. The smallest absolute Gasteiger partial charge is 0.233 e. The second-order valence-corrected chi connectivity index (χ2v) is 10.1. The molecule has 4 atom stereocenters. The van der Waals surface area contributed by atoms with Gasteiger partial charge in [0, 0.05) is 56.0 Å². The average Bonchev–Trinajstić information content (AvgIpc) is 2.89. The number of benzene rings is 1. The highest BCUT2D eigenvalue weighted by Gasteiger charge is 2.31. The van der Waals surface area contributed by atoms with Crippen molar-refractivity contribution >= 4 is 46.7 Å². The topological polar surface area (TPSA) is 105 Å². The number of nitrogens with zero attached hydrogens (tertiary/aromatic N) is 5. The number of hydrogen-bond acceptors (Lipinski definition) is 10. The monoisotopic (exact) mass is 522 g/mol. The van der Waals surface area contributed by atoms with Crippen LogP contribution in [0.2, 0.25) is 10.0 Å². The van der Waals surface area contributed by atoms with Gasteiger partial charge in [-0.3, -0.25) is 0 Å². The number of rotatable bonds is 8. The van der Waals surface area contributed by atoms with Crippen molar-refractivity contribution in [2.75, 3.05) is 69.5 Å². The van der Waals surface area contributed by atoms with Gasteiger partial charge >= 0.3 is 0 Å². The molecule has 2 fully saturated rings. The Balaban J connectivity index is 1.69. The van der Waals surface area contributed by atoms with E-state index in [4.69, 9.17) is 38.2 Å². The maximum atomic E-state index is 6.24. The fourth-order valence-corrected chi connectivity index (χ4v) is 5.06. The van der Waals surface area contributed by atoms with Crippen LogP contribution in [0.4, 0.5) is 23.5 Å². The molecule has 192 valence electrons. The molecule has 2 saturated heterocycles. The number of piperidine rings is 2. The Hall–Kier alpha value is -1.95. The summed E-state index contributed by atoms with van der Waals surface area (Å²) in [5, 5.41) is 18.0. The van der Waals surface area contributed by atoms with Crippen molar-refractivity contribution in [3.8, 4) is 0 Å². The van der Waals surface area contributed by atoms with Gasteiger partial charge in [0.05, 0.1) is 10.0 Å². The van der Waals surface area contributed by atoms with Crippen molar-refractivity contribution in [3.05, 3.63) is 28.2 Å². The van der Waals surface area contributed by atoms with E-state index < -0.39 is 0 Å². The Morgan fingerprint density at radius 2 is 1.14 bits per heavy atom. The van der Waals surface area contributed by atoms with Gasteiger partial charge in [-0.2, -0.15) is 15.0 Å². The van der Waals surface area contributed by atoms with E-state index in [1.165, 1.54) is 0 Å². The molecule has 35 heavy (non-hydrogen) atoms. The van der Waals surface area contributed by atoms with Crippen LogP contribution in [0.5, 0.6) is 0 Å². The van der Waals surface area contributed by atoms with E-state index in [1.807, 2.05) is 34.3 Å². The summed E-state index contributed by atoms with van der Waals surface area (Å²) in [6, 6.07) is 6.75. The highest BCUT2D eigenvalue weighted by atomic mass is 35.5. The first kappa shape index (κ1) is 26.1. The Bertz CT molecular complexity index is 921. The van der Waals surface area contributed by atoms with Gasteiger partial charge in [-0.1, -0.05) is 23.2 Å². The van der Waals surface area contributed by atoms with E-state index in [9.17, 15) is 0 Å². The van der Waals surface area contributed by atoms with Crippen molar-refractivity contribution in [1.29, 1.82) is 0 Å². The minimum Gasteiger partial charge on any atom is -0.338 e. The molecule has 2 aliphatic rings.